The zero-order valence-electron chi connectivity index (χ0n) is 14.6. The van der Waals surface area contributed by atoms with Crippen molar-refractivity contribution in [2.75, 3.05) is 6.61 Å². The fourth-order valence-corrected chi connectivity index (χ4v) is 3.61. The Balaban J connectivity index is 2.06. The number of aromatic carboxylic acids is 1. The van der Waals surface area contributed by atoms with Crippen molar-refractivity contribution in [1.29, 1.82) is 0 Å². The topological polar surface area (TPSA) is 80.9 Å². The monoisotopic (exact) mass is 370 g/mol. The van der Waals surface area contributed by atoms with Crippen LogP contribution in [0.25, 0.3) is 17.1 Å². The van der Waals surface area contributed by atoms with Gasteiger partial charge >= 0.3 is 5.97 Å². The summed E-state index contributed by atoms with van der Waals surface area (Å²) in [5.41, 5.74) is 2.07. The minimum absolute atomic E-state index is 0.125. The van der Waals surface area contributed by atoms with E-state index in [-0.39, 0.29) is 10.4 Å². The third-order valence-corrected chi connectivity index (χ3v) is 5.10. The molecule has 0 saturated carbocycles. The molecule has 7 heteroatoms. The van der Waals surface area contributed by atoms with Crippen molar-refractivity contribution >= 4 is 34.4 Å². The third-order valence-electron chi connectivity index (χ3n) is 3.97. The number of aromatic nitrogens is 2. The number of carbonyl (C=O) groups is 1. The Kier molecular flexibility index (Phi) is 4.90. The van der Waals surface area contributed by atoms with Crippen LogP contribution in [-0.4, -0.2) is 27.1 Å². The Morgan fingerprint density at radius 1 is 1.35 bits per heavy atom. The van der Waals surface area contributed by atoms with Gasteiger partial charge in [0.25, 0.3) is 5.56 Å². The summed E-state index contributed by atoms with van der Waals surface area (Å²) < 4.78 is 6.84. The van der Waals surface area contributed by atoms with E-state index in [4.69, 9.17) is 4.74 Å². The molecule has 3 rings (SSSR count). The van der Waals surface area contributed by atoms with Gasteiger partial charge in [0.15, 0.2) is 4.96 Å². The Hall–Kier alpha value is -2.93. The highest BCUT2D eigenvalue weighted by Gasteiger charge is 2.18. The van der Waals surface area contributed by atoms with Gasteiger partial charge in [-0.2, -0.15) is 0 Å². The van der Waals surface area contributed by atoms with Crippen molar-refractivity contribution in [3.05, 3.63) is 62.0 Å². The molecule has 0 amide bonds. The van der Waals surface area contributed by atoms with Gasteiger partial charge in [-0.25, -0.2) is 9.78 Å². The van der Waals surface area contributed by atoms with Gasteiger partial charge in [0.2, 0.25) is 0 Å². The van der Waals surface area contributed by atoms with Crippen LogP contribution in [0.5, 0.6) is 5.75 Å². The molecule has 0 radical (unpaired) electrons. The second-order valence-corrected chi connectivity index (χ2v) is 6.68. The Labute approximate surface area is 154 Å². The molecule has 0 aliphatic carbocycles. The second kappa shape index (κ2) is 7.13. The third kappa shape index (κ3) is 3.25. The molecule has 0 fully saturated rings. The molecule has 0 atom stereocenters. The summed E-state index contributed by atoms with van der Waals surface area (Å²) in [4.78, 5) is 28.9. The number of carboxylic acids is 1. The molecule has 1 N–H and O–H groups in total. The summed E-state index contributed by atoms with van der Waals surface area (Å²) in [6.07, 6.45) is 3.61. The van der Waals surface area contributed by atoms with Crippen LogP contribution in [0.1, 0.15) is 39.1 Å². The fourth-order valence-electron chi connectivity index (χ4n) is 2.64. The molecule has 3 aromatic rings. The number of fused-ring (bicyclic) bond motifs is 1. The summed E-state index contributed by atoms with van der Waals surface area (Å²) in [5, 5.41) is 9.26. The predicted octanol–water partition coefficient (Wildman–Crippen LogP) is 3.64. The fraction of sp³-hybridized carbons (Fsp3) is 0.211. The summed E-state index contributed by atoms with van der Waals surface area (Å²) in [6, 6.07) is 7.60. The summed E-state index contributed by atoms with van der Waals surface area (Å²) in [7, 11) is 0. The Morgan fingerprint density at radius 3 is 2.81 bits per heavy atom. The van der Waals surface area contributed by atoms with E-state index in [1.807, 2.05) is 37.3 Å². The molecule has 0 bridgehead atoms. The lowest BCUT2D eigenvalue weighted by Gasteiger charge is -2.04. The van der Waals surface area contributed by atoms with Crippen LogP contribution in [-0.2, 0) is 0 Å². The molecule has 1 aromatic carbocycles. The standard InChI is InChI=1S/C19H18N2O4S/c1-4-25-14-7-5-6-13(10-14)8-9-15-11(2)17(22)21-12(3)16(18(23)24)26-19(21)20-15/h5-10H,4H2,1-3H3,(H,23,24). The molecule has 26 heavy (non-hydrogen) atoms. The zero-order chi connectivity index (χ0) is 18.8. The van der Waals surface area contributed by atoms with Gasteiger partial charge in [0.1, 0.15) is 10.6 Å². The minimum Gasteiger partial charge on any atom is -0.494 e. The maximum absolute atomic E-state index is 12.6. The van der Waals surface area contributed by atoms with Gasteiger partial charge < -0.3 is 9.84 Å². The van der Waals surface area contributed by atoms with Gasteiger partial charge in [-0.3, -0.25) is 9.20 Å². The van der Waals surface area contributed by atoms with Crippen LogP contribution in [0.4, 0.5) is 0 Å². The zero-order valence-corrected chi connectivity index (χ0v) is 15.5. The van der Waals surface area contributed by atoms with Gasteiger partial charge in [0.05, 0.1) is 18.0 Å². The van der Waals surface area contributed by atoms with Gasteiger partial charge in [-0.05, 0) is 44.5 Å². The van der Waals surface area contributed by atoms with E-state index in [1.54, 1.807) is 19.9 Å². The number of nitrogens with zero attached hydrogens (tertiary/aromatic N) is 2. The van der Waals surface area contributed by atoms with Crippen LogP contribution in [0.15, 0.2) is 29.1 Å². The normalized spacial score (nSPS) is 11.3. The van der Waals surface area contributed by atoms with Gasteiger partial charge in [-0.15, -0.1) is 0 Å². The average Bonchev–Trinajstić information content (AvgIpc) is 2.94. The molecule has 2 heterocycles. The van der Waals surface area contributed by atoms with Crippen LogP contribution in [0.3, 0.4) is 0 Å². The first-order valence-electron chi connectivity index (χ1n) is 8.09. The van der Waals surface area contributed by atoms with E-state index < -0.39 is 5.97 Å². The Morgan fingerprint density at radius 2 is 2.12 bits per heavy atom. The van der Waals surface area contributed by atoms with Crippen molar-refractivity contribution in [3.63, 3.8) is 0 Å². The molecule has 0 spiro atoms. The largest absolute Gasteiger partial charge is 0.494 e. The maximum atomic E-state index is 12.6. The highest BCUT2D eigenvalue weighted by Crippen LogP contribution is 2.22. The number of thiazole rings is 1. The molecule has 6 nitrogen and oxygen atoms in total. The summed E-state index contributed by atoms with van der Waals surface area (Å²) in [6.45, 7) is 5.82. The number of hydrogen-bond donors (Lipinski definition) is 1. The first-order chi connectivity index (χ1) is 12.4. The molecule has 0 aliphatic heterocycles. The lowest BCUT2D eigenvalue weighted by Crippen LogP contribution is -2.19. The number of carboxylic acid groups (broad SMARTS) is 1. The Bertz CT molecular complexity index is 1080. The number of aryl methyl sites for hydroxylation is 1. The van der Waals surface area contributed by atoms with E-state index in [9.17, 15) is 14.7 Å². The van der Waals surface area contributed by atoms with Crippen LogP contribution in [0, 0.1) is 13.8 Å². The van der Waals surface area contributed by atoms with E-state index >= 15 is 0 Å². The van der Waals surface area contributed by atoms with Crippen molar-refractivity contribution in [1.82, 2.24) is 9.38 Å². The van der Waals surface area contributed by atoms with E-state index in [2.05, 4.69) is 4.98 Å². The molecular formula is C19H18N2O4S. The van der Waals surface area contributed by atoms with Crippen LogP contribution >= 0.6 is 11.3 Å². The van der Waals surface area contributed by atoms with Crippen molar-refractivity contribution in [2.45, 2.75) is 20.8 Å². The molecular weight excluding hydrogens is 352 g/mol. The predicted molar refractivity (Wildman–Crippen MR) is 102 cm³/mol. The molecule has 0 unspecified atom stereocenters. The maximum Gasteiger partial charge on any atom is 0.347 e. The quantitative estimate of drug-likeness (QED) is 0.742. The molecule has 0 aliphatic rings. The molecule has 0 saturated heterocycles. The number of hydrogen-bond acceptors (Lipinski definition) is 5. The second-order valence-electron chi connectivity index (χ2n) is 5.71. The number of rotatable bonds is 5. The van der Waals surface area contributed by atoms with Gasteiger partial charge in [-0.1, -0.05) is 29.5 Å². The van der Waals surface area contributed by atoms with E-state index in [1.165, 1.54) is 4.40 Å². The average molecular weight is 370 g/mol. The van der Waals surface area contributed by atoms with Gasteiger partial charge in [0, 0.05) is 5.56 Å². The first kappa shape index (κ1) is 17.9. The first-order valence-corrected chi connectivity index (χ1v) is 8.91. The number of benzene rings is 1. The van der Waals surface area contributed by atoms with Crippen molar-refractivity contribution in [3.8, 4) is 5.75 Å². The lowest BCUT2D eigenvalue weighted by atomic mass is 10.1. The van der Waals surface area contributed by atoms with Crippen LogP contribution < -0.4 is 10.3 Å². The highest BCUT2D eigenvalue weighted by atomic mass is 32.1. The summed E-state index contributed by atoms with van der Waals surface area (Å²) in [5.74, 6) is -0.283. The smallest absolute Gasteiger partial charge is 0.347 e. The molecule has 134 valence electrons. The van der Waals surface area contributed by atoms with E-state index in [0.717, 1.165) is 22.6 Å². The highest BCUT2D eigenvalue weighted by molar-refractivity contribution is 7.18. The SMILES string of the molecule is CCOc1cccc(C=Cc2nc3sc(C(=O)O)c(C)n3c(=O)c2C)c1. The van der Waals surface area contributed by atoms with Crippen molar-refractivity contribution in [2.24, 2.45) is 0 Å². The lowest BCUT2D eigenvalue weighted by molar-refractivity contribution is 0.0701. The summed E-state index contributed by atoms with van der Waals surface area (Å²) >= 11 is 0.998. The minimum atomic E-state index is -1.06. The number of ether oxygens (including phenoxy) is 1. The van der Waals surface area contributed by atoms with Crippen LogP contribution in [0.2, 0.25) is 0 Å². The van der Waals surface area contributed by atoms with Crippen molar-refractivity contribution < 1.29 is 14.6 Å². The van der Waals surface area contributed by atoms with E-state index in [0.29, 0.717) is 28.5 Å². The molecule has 2 aromatic heterocycles.